The number of benzene rings is 3. The van der Waals surface area contributed by atoms with Crippen molar-refractivity contribution in [3.8, 4) is 11.1 Å². The molecule has 0 aromatic heterocycles. The lowest BCUT2D eigenvalue weighted by atomic mass is 9.94. The van der Waals surface area contributed by atoms with Gasteiger partial charge in [0, 0.05) is 13.6 Å². The maximum atomic E-state index is 15.1. The molecule has 0 saturated heterocycles. The predicted octanol–water partition coefficient (Wildman–Crippen LogP) is 12.3. The van der Waals surface area contributed by atoms with Gasteiger partial charge in [-0.15, -0.1) is 0 Å². The molecule has 0 atom stereocenters. The highest BCUT2D eigenvalue weighted by molar-refractivity contribution is 6.77. The van der Waals surface area contributed by atoms with Crippen LogP contribution in [0.3, 0.4) is 0 Å². The molecule has 3 aromatic carbocycles. The largest absolute Gasteiger partial charge is 0.204 e. The van der Waals surface area contributed by atoms with Crippen LogP contribution in [0.2, 0.25) is 25.2 Å². The maximum absolute atomic E-state index is 15.1. The van der Waals surface area contributed by atoms with Crippen molar-refractivity contribution in [3.05, 3.63) is 71.3 Å². The Bertz CT molecular complexity index is 1130. The molecule has 0 fully saturated rings. The van der Waals surface area contributed by atoms with E-state index in [9.17, 15) is 4.39 Å². The SMILES string of the molecule is CCCCCCCCCCc1ccc(-c2c(F)c(F)cc3cc(CCCC[Si](C)(C)CCCC)ccc23)cc1. The highest BCUT2D eigenvalue weighted by atomic mass is 28.3. The first-order chi connectivity index (χ1) is 18.8. The summed E-state index contributed by atoms with van der Waals surface area (Å²) in [5.41, 5.74) is 3.63. The Morgan fingerprint density at radius 1 is 0.590 bits per heavy atom. The van der Waals surface area contributed by atoms with Crippen molar-refractivity contribution < 1.29 is 8.78 Å². The Balaban J connectivity index is 1.60. The summed E-state index contributed by atoms with van der Waals surface area (Å²) in [6.45, 7) is 9.56. The van der Waals surface area contributed by atoms with E-state index < -0.39 is 19.7 Å². The summed E-state index contributed by atoms with van der Waals surface area (Å²) < 4.78 is 29.8. The van der Waals surface area contributed by atoms with E-state index in [0.29, 0.717) is 5.56 Å². The third-order valence-electron chi connectivity index (χ3n) is 8.43. The number of rotatable bonds is 18. The van der Waals surface area contributed by atoms with Gasteiger partial charge in [-0.25, -0.2) is 8.78 Å². The Hall–Kier alpha value is -2.00. The molecule has 39 heavy (non-hydrogen) atoms. The number of unbranched alkanes of at least 4 members (excludes halogenated alkanes) is 9. The van der Waals surface area contributed by atoms with Gasteiger partial charge in [-0.2, -0.15) is 0 Å². The Labute approximate surface area is 238 Å². The Morgan fingerprint density at radius 2 is 1.15 bits per heavy atom. The third-order valence-corrected chi connectivity index (χ3v) is 11.8. The summed E-state index contributed by atoms with van der Waals surface area (Å²) in [5.74, 6) is -1.51. The minimum absolute atomic E-state index is 0.388. The van der Waals surface area contributed by atoms with E-state index >= 15 is 4.39 Å². The van der Waals surface area contributed by atoms with Crippen molar-refractivity contribution in [1.29, 1.82) is 0 Å². The number of halogens is 2. The highest BCUT2D eigenvalue weighted by Gasteiger charge is 2.19. The number of hydrogen-bond acceptors (Lipinski definition) is 0. The van der Waals surface area contributed by atoms with Crippen molar-refractivity contribution in [2.45, 2.75) is 129 Å². The molecule has 3 rings (SSSR count). The van der Waals surface area contributed by atoms with Crippen LogP contribution in [0.15, 0.2) is 48.5 Å². The van der Waals surface area contributed by atoms with Crippen LogP contribution < -0.4 is 0 Å². The van der Waals surface area contributed by atoms with E-state index in [1.54, 1.807) is 0 Å². The summed E-state index contributed by atoms with van der Waals surface area (Å²) in [6.07, 6.45) is 17.6. The molecule has 0 N–H and O–H groups in total. The molecule has 0 aliphatic carbocycles. The molecule has 0 radical (unpaired) electrons. The minimum atomic E-state index is -1.08. The van der Waals surface area contributed by atoms with E-state index in [0.717, 1.165) is 35.6 Å². The molecule has 3 heteroatoms. The van der Waals surface area contributed by atoms with Gasteiger partial charge in [0.1, 0.15) is 0 Å². The van der Waals surface area contributed by atoms with Gasteiger partial charge >= 0.3 is 0 Å². The lowest BCUT2D eigenvalue weighted by Crippen LogP contribution is -2.24. The fourth-order valence-electron chi connectivity index (χ4n) is 5.85. The van der Waals surface area contributed by atoms with E-state index in [4.69, 9.17) is 0 Å². The first kappa shape index (κ1) is 31.5. The molecule has 214 valence electrons. The van der Waals surface area contributed by atoms with Gasteiger partial charge in [0.15, 0.2) is 11.6 Å². The van der Waals surface area contributed by atoms with Gasteiger partial charge in [-0.3, -0.25) is 0 Å². The second kappa shape index (κ2) is 16.3. The van der Waals surface area contributed by atoms with E-state index in [-0.39, 0.29) is 0 Å². The summed E-state index contributed by atoms with van der Waals surface area (Å²) in [5, 5.41) is 1.59. The fraction of sp³-hybridized carbons (Fsp3) is 0.556. The molecule has 0 aliphatic heterocycles. The molecule has 0 unspecified atom stereocenters. The summed E-state index contributed by atoms with van der Waals surface area (Å²) in [4.78, 5) is 0. The molecule has 3 aromatic rings. The van der Waals surface area contributed by atoms with E-state index in [1.165, 1.54) is 99.9 Å². The van der Waals surface area contributed by atoms with Crippen molar-refractivity contribution in [1.82, 2.24) is 0 Å². The topological polar surface area (TPSA) is 0 Å². The number of hydrogen-bond donors (Lipinski definition) is 0. The zero-order valence-electron chi connectivity index (χ0n) is 25.2. The monoisotopic (exact) mass is 550 g/mol. The van der Waals surface area contributed by atoms with Gasteiger partial charge in [-0.05, 0) is 59.2 Å². The average Bonchev–Trinajstić information content (AvgIpc) is 2.93. The molecular weight excluding hydrogens is 498 g/mol. The van der Waals surface area contributed by atoms with Crippen LogP contribution in [0, 0.1) is 11.6 Å². The molecular formula is C36H52F2Si. The molecule has 0 spiro atoms. The second-order valence-electron chi connectivity index (χ2n) is 12.5. The number of fused-ring (bicyclic) bond motifs is 1. The molecule has 0 amide bonds. The second-order valence-corrected chi connectivity index (χ2v) is 17.8. The normalized spacial score (nSPS) is 11.9. The standard InChI is InChI=1S/C36H52F2Si/c1-5-7-9-10-11-12-13-14-17-29-19-22-31(23-20-29)35-33-24-21-30(27-32(33)28-34(37)36(35)38)18-15-16-26-39(3,4)25-8-6-2/h19-24,27-28H,5-18,25-26H2,1-4H3. The van der Waals surface area contributed by atoms with E-state index in [1.807, 2.05) is 18.2 Å². The van der Waals surface area contributed by atoms with Crippen LogP contribution >= 0.6 is 0 Å². The quantitative estimate of drug-likeness (QED) is 0.109. The summed E-state index contributed by atoms with van der Waals surface area (Å²) in [6, 6.07) is 18.5. The molecule has 0 nitrogen and oxygen atoms in total. The van der Waals surface area contributed by atoms with Gasteiger partial charge in [0.25, 0.3) is 0 Å². The van der Waals surface area contributed by atoms with Gasteiger partial charge in [0.2, 0.25) is 0 Å². The highest BCUT2D eigenvalue weighted by Crippen LogP contribution is 2.34. The zero-order valence-corrected chi connectivity index (χ0v) is 26.2. The molecule has 0 aliphatic rings. The van der Waals surface area contributed by atoms with Crippen molar-refractivity contribution in [3.63, 3.8) is 0 Å². The van der Waals surface area contributed by atoms with Crippen molar-refractivity contribution in [2.75, 3.05) is 0 Å². The van der Waals surface area contributed by atoms with Gasteiger partial charge in [-0.1, -0.05) is 146 Å². The average molecular weight is 551 g/mol. The lowest BCUT2D eigenvalue weighted by Gasteiger charge is -2.21. The fourth-order valence-corrected chi connectivity index (χ4v) is 8.62. The Morgan fingerprint density at radius 3 is 1.85 bits per heavy atom. The smallest absolute Gasteiger partial charge is 0.167 e. The van der Waals surface area contributed by atoms with Crippen LogP contribution in [-0.2, 0) is 12.8 Å². The molecule has 0 saturated carbocycles. The van der Waals surface area contributed by atoms with Crippen LogP contribution in [0.5, 0.6) is 0 Å². The minimum Gasteiger partial charge on any atom is -0.204 e. The zero-order chi connectivity index (χ0) is 28.1. The van der Waals surface area contributed by atoms with Gasteiger partial charge < -0.3 is 0 Å². The summed E-state index contributed by atoms with van der Waals surface area (Å²) >= 11 is 0. The van der Waals surface area contributed by atoms with Gasteiger partial charge in [0.05, 0.1) is 0 Å². The number of aryl methyl sites for hydroxylation is 2. The van der Waals surface area contributed by atoms with Crippen molar-refractivity contribution in [2.24, 2.45) is 0 Å². The first-order valence-corrected chi connectivity index (χ1v) is 19.3. The van der Waals surface area contributed by atoms with Crippen molar-refractivity contribution >= 4 is 18.8 Å². The maximum Gasteiger partial charge on any atom is 0.167 e. The lowest BCUT2D eigenvalue weighted by molar-refractivity contribution is 0.513. The van der Waals surface area contributed by atoms with E-state index in [2.05, 4.69) is 51.2 Å². The molecule has 0 bridgehead atoms. The Kier molecular flexibility index (Phi) is 13.2. The van der Waals surface area contributed by atoms with Crippen LogP contribution in [0.1, 0.15) is 102 Å². The van der Waals surface area contributed by atoms with Crippen LogP contribution in [0.25, 0.3) is 21.9 Å². The summed E-state index contributed by atoms with van der Waals surface area (Å²) in [7, 11) is -1.08. The first-order valence-electron chi connectivity index (χ1n) is 15.8. The third kappa shape index (κ3) is 10.2. The van der Waals surface area contributed by atoms with Crippen LogP contribution in [0.4, 0.5) is 8.78 Å². The van der Waals surface area contributed by atoms with Crippen LogP contribution in [-0.4, -0.2) is 8.07 Å². The molecule has 0 heterocycles. The predicted molar refractivity (Wildman–Crippen MR) is 171 cm³/mol.